The van der Waals surface area contributed by atoms with Gasteiger partial charge in [0.2, 0.25) is 0 Å². The maximum Gasteiger partial charge on any atom is 0.0945 e. The minimum Gasteiger partial charge on any atom is -0.390 e. The average molecular weight is 263 g/mol. The fraction of sp³-hybridized carbons (Fsp3) is 0.538. The van der Waals surface area contributed by atoms with E-state index >= 15 is 0 Å². The molecule has 0 aliphatic rings. The van der Waals surface area contributed by atoms with Gasteiger partial charge in [-0.1, -0.05) is 0 Å². The Morgan fingerprint density at radius 1 is 1.21 bits per heavy atom. The van der Waals surface area contributed by atoms with Crippen LogP contribution in [0.2, 0.25) is 0 Å². The van der Waals surface area contributed by atoms with E-state index in [1.54, 1.807) is 17.1 Å². The van der Waals surface area contributed by atoms with E-state index in [0.29, 0.717) is 13.1 Å². The van der Waals surface area contributed by atoms with Gasteiger partial charge in [0.05, 0.1) is 19.0 Å². The van der Waals surface area contributed by atoms with Crippen molar-refractivity contribution in [3.63, 3.8) is 0 Å². The number of nitrogens with one attached hydrogen (secondary N) is 1. The Labute approximate surface area is 113 Å². The highest BCUT2D eigenvalue weighted by atomic mass is 16.3. The summed E-state index contributed by atoms with van der Waals surface area (Å²) in [6.45, 7) is 3.06. The highest BCUT2D eigenvalue weighted by molar-refractivity contribution is 4.78. The number of unbranched alkanes of at least 4 members (excludes halogenated alkanes) is 1. The molecule has 0 saturated heterocycles. The van der Waals surface area contributed by atoms with Crippen molar-refractivity contribution in [1.82, 2.24) is 24.6 Å². The van der Waals surface area contributed by atoms with Crippen LogP contribution in [0.5, 0.6) is 0 Å². The third-order valence-corrected chi connectivity index (χ3v) is 2.92. The first-order chi connectivity index (χ1) is 9.34. The number of aliphatic hydroxyl groups excluding tert-OH is 1. The fourth-order valence-corrected chi connectivity index (χ4v) is 1.92. The lowest BCUT2D eigenvalue weighted by atomic mass is 10.3. The number of aryl methyl sites for hydroxylation is 1. The van der Waals surface area contributed by atoms with E-state index in [-0.39, 0.29) is 0 Å². The third kappa shape index (κ3) is 5.23. The molecule has 2 aromatic heterocycles. The van der Waals surface area contributed by atoms with E-state index in [1.165, 1.54) is 0 Å². The maximum absolute atomic E-state index is 9.79. The summed E-state index contributed by atoms with van der Waals surface area (Å²) in [5, 5.41) is 17.1. The molecule has 0 aliphatic carbocycles. The molecule has 2 heterocycles. The fourth-order valence-electron chi connectivity index (χ4n) is 1.92. The summed E-state index contributed by atoms with van der Waals surface area (Å²) in [5.41, 5.74) is 0. The van der Waals surface area contributed by atoms with Gasteiger partial charge in [-0.25, -0.2) is 4.98 Å². The highest BCUT2D eigenvalue weighted by Crippen LogP contribution is 1.94. The molecule has 0 fully saturated rings. The summed E-state index contributed by atoms with van der Waals surface area (Å²) >= 11 is 0. The van der Waals surface area contributed by atoms with Crippen molar-refractivity contribution in [2.45, 2.75) is 32.0 Å². The van der Waals surface area contributed by atoms with Crippen LogP contribution in [-0.4, -0.2) is 43.6 Å². The minimum atomic E-state index is -0.395. The number of hydrogen-bond acceptors (Lipinski definition) is 4. The molecule has 0 aromatic carbocycles. The van der Waals surface area contributed by atoms with E-state index in [1.807, 2.05) is 24.8 Å². The molecule has 2 N–H and O–H groups in total. The van der Waals surface area contributed by atoms with Crippen LogP contribution in [0.25, 0.3) is 0 Å². The van der Waals surface area contributed by atoms with Gasteiger partial charge in [0, 0.05) is 37.9 Å². The number of aromatic nitrogens is 4. The molecule has 0 amide bonds. The van der Waals surface area contributed by atoms with Crippen LogP contribution in [0.1, 0.15) is 12.8 Å². The van der Waals surface area contributed by atoms with Crippen LogP contribution in [-0.2, 0) is 13.1 Å². The standard InChI is InChI=1S/C13H21N5O/c19-13(11-18-8-3-5-16-18)10-14-4-1-2-7-17-9-6-15-12-17/h3,5-6,8-9,12-14,19H,1-2,4,7,10-11H2. The Morgan fingerprint density at radius 2 is 2.16 bits per heavy atom. The van der Waals surface area contributed by atoms with Crippen LogP contribution in [0.3, 0.4) is 0 Å². The molecular formula is C13H21N5O. The first kappa shape index (κ1) is 13.8. The molecule has 2 rings (SSSR count). The monoisotopic (exact) mass is 263 g/mol. The van der Waals surface area contributed by atoms with Crippen molar-refractivity contribution in [3.8, 4) is 0 Å². The minimum absolute atomic E-state index is 0.395. The largest absolute Gasteiger partial charge is 0.390 e. The Hall–Kier alpha value is -1.66. The zero-order valence-corrected chi connectivity index (χ0v) is 11.0. The molecule has 6 heteroatoms. The lowest BCUT2D eigenvalue weighted by molar-refractivity contribution is 0.147. The molecule has 0 saturated carbocycles. The smallest absolute Gasteiger partial charge is 0.0945 e. The molecule has 0 aliphatic heterocycles. The second kappa shape index (κ2) is 7.70. The first-order valence-electron chi connectivity index (χ1n) is 6.66. The predicted molar refractivity (Wildman–Crippen MR) is 72.6 cm³/mol. The van der Waals surface area contributed by atoms with Crippen LogP contribution in [0.4, 0.5) is 0 Å². The number of rotatable bonds is 9. The summed E-state index contributed by atoms with van der Waals surface area (Å²) in [6, 6.07) is 1.86. The van der Waals surface area contributed by atoms with Gasteiger partial charge in [0.15, 0.2) is 0 Å². The van der Waals surface area contributed by atoms with E-state index in [4.69, 9.17) is 0 Å². The van der Waals surface area contributed by atoms with Crippen molar-refractivity contribution in [2.24, 2.45) is 0 Å². The first-order valence-corrected chi connectivity index (χ1v) is 6.66. The Kier molecular flexibility index (Phi) is 5.58. The van der Waals surface area contributed by atoms with Gasteiger partial charge >= 0.3 is 0 Å². The zero-order valence-electron chi connectivity index (χ0n) is 11.0. The van der Waals surface area contributed by atoms with Gasteiger partial charge in [0.25, 0.3) is 0 Å². The SMILES string of the molecule is OC(CNCCCCn1ccnc1)Cn1cccn1. The molecular weight excluding hydrogens is 242 g/mol. The van der Waals surface area contributed by atoms with Crippen LogP contribution >= 0.6 is 0 Å². The van der Waals surface area contributed by atoms with E-state index in [0.717, 1.165) is 25.9 Å². The quantitative estimate of drug-likeness (QED) is 0.647. The molecule has 19 heavy (non-hydrogen) atoms. The van der Waals surface area contributed by atoms with Crippen molar-refractivity contribution in [1.29, 1.82) is 0 Å². The number of nitrogens with zero attached hydrogens (tertiary/aromatic N) is 4. The second-order valence-corrected chi connectivity index (χ2v) is 4.59. The number of aliphatic hydroxyl groups is 1. The Balaban J connectivity index is 1.47. The van der Waals surface area contributed by atoms with E-state index in [2.05, 4.69) is 20.0 Å². The maximum atomic E-state index is 9.79. The lowest BCUT2D eigenvalue weighted by Gasteiger charge is -2.11. The van der Waals surface area contributed by atoms with Gasteiger partial charge in [-0.15, -0.1) is 0 Å². The molecule has 6 nitrogen and oxygen atoms in total. The zero-order chi connectivity index (χ0) is 13.3. The Bertz CT molecular complexity index is 426. The van der Waals surface area contributed by atoms with Crippen molar-refractivity contribution < 1.29 is 5.11 Å². The van der Waals surface area contributed by atoms with Gasteiger partial charge < -0.3 is 15.0 Å². The molecule has 0 radical (unpaired) electrons. The normalized spacial score (nSPS) is 12.7. The van der Waals surface area contributed by atoms with Gasteiger partial charge in [0.1, 0.15) is 0 Å². The lowest BCUT2D eigenvalue weighted by Crippen LogP contribution is -2.31. The van der Waals surface area contributed by atoms with E-state index < -0.39 is 6.10 Å². The van der Waals surface area contributed by atoms with Crippen LogP contribution in [0, 0.1) is 0 Å². The molecule has 1 unspecified atom stereocenters. The van der Waals surface area contributed by atoms with Gasteiger partial charge in [-0.2, -0.15) is 5.10 Å². The van der Waals surface area contributed by atoms with Crippen molar-refractivity contribution >= 4 is 0 Å². The predicted octanol–water partition coefficient (Wildman–Crippen LogP) is 0.510. The topological polar surface area (TPSA) is 67.9 Å². The molecule has 104 valence electrons. The summed E-state index contributed by atoms with van der Waals surface area (Å²) in [5.74, 6) is 0. The summed E-state index contributed by atoms with van der Waals surface area (Å²) < 4.78 is 3.82. The average Bonchev–Trinajstić information content (AvgIpc) is 3.06. The van der Waals surface area contributed by atoms with Crippen molar-refractivity contribution in [2.75, 3.05) is 13.1 Å². The summed E-state index contributed by atoms with van der Waals surface area (Å²) in [6.07, 6.45) is 11.0. The molecule has 1 atom stereocenters. The van der Waals surface area contributed by atoms with E-state index in [9.17, 15) is 5.11 Å². The van der Waals surface area contributed by atoms with Crippen molar-refractivity contribution in [3.05, 3.63) is 37.2 Å². The van der Waals surface area contributed by atoms with Crippen LogP contribution < -0.4 is 5.32 Å². The number of hydrogen-bond donors (Lipinski definition) is 2. The highest BCUT2D eigenvalue weighted by Gasteiger charge is 2.04. The summed E-state index contributed by atoms with van der Waals surface area (Å²) in [4.78, 5) is 4.00. The molecule has 0 spiro atoms. The molecule has 2 aromatic rings. The van der Waals surface area contributed by atoms with Gasteiger partial charge in [-0.3, -0.25) is 4.68 Å². The van der Waals surface area contributed by atoms with Gasteiger partial charge in [-0.05, 0) is 25.5 Å². The third-order valence-electron chi connectivity index (χ3n) is 2.92. The Morgan fingerprint density at radius 3 is 2.89 bits per heavy atom. The van der Waals surface area contributed by atoms with Crippen LogP contribution in [0.15, 0.2) is 37.2 Å². The second-order valence-electron chi connectivity index (χ2n) is 4.59. The number of imidazole rings is 1. The summed E-state index contributed by atoms with van der Waals surface area (Å²) in [7, 11) is 0. The molecule has 0 bridgehead atoms.